The van der Waals surface area contributed by atoms with E-state index in [9.17, 15) is 22.4 Å². The number of amides is 2. The molecule has 2 aliphatic heterocycles. The summed E-state index contributed by atoms with van der Waals surface area (Å²) in [6, 6.07) is 5.24. The van der Waals surface area contributed by atoms with Gasteiger partial charge in [0.25, 0.3) is 0 Å². The lowest BCUT2D eigenvalue weighted by molar-refractivity contribution is -0.142. The first-order valence-corrected chi connectivity index (χ1v) is 15.3. The van der Waals surface area contributed by atoms with Gasteiger partial charge in [-0.15, -0.1) is 0 Å². The Balaban J connectivity index is 1.28. The summed E-state index contributed by atoms with van der Waals surface area (Å²) < 4.78 is 45.5. The zero-order chi connectivity index (χ0) is 26.3. The molecule has 2 saturated carbocycles. The lowest BCUT2D eigenvalue weighted by atomic mass is 9.69. The highest BCUT2D eigenvalue weighted by Gasteiger charge is 2.48. The Morgan fingerprint density at radius 1 is 0.973 bits per heavy atom. The molecule has 37 heavy (non-hydrogen) atoms. The van der Waals surface area contributed by atoms with Crippen LogP contribution in [-0.4, -0.2) is 77.5 Å². The van der Waals surface area contributed by atoms with Crippen LogP contribution in [0.1, 0.15) is 65.2 Å². The van der Waals surface area contributed by atoms with Crippen LogP contribution >= 0.6 is 0 Å². The molecule has 0 bridgehead atoms. The summed E-state index contributed by atoms with van der Waals surface area (Å²) in [5.41, 5.74) is 0. The number of nitrogens with zero attached hydrogens (tertiary/aromatic N) is 3. The summed E-state index contributed by atoms with van der Waals surface area (Å²) in [5, 5.41) is 0. The maximum Gasteiger partial charge on any atom is 0.415 e. The van der Waals surface area contributed by atoms with E-state index in [0.717, 1.165) is 51.4 Å². The number of sulfonamides is 1. The molecule has 0 spiro atoms. The van der Waals surface area contributed by atoms with Crippen molar-refractivity contribution in [3.8, 4) is 5.75 Å². The Morgan fingerprint density at radius 2 is 1.65 bits per heavy atom. The summed E-state index contributed by atoms with van der Waals surface area (Å²) in [5.74, 6) is 1.11. The standard InChI is InChI=1S/C27H38FN3O5S/c1-18-17-29(27(33)36-24-11-7-22(28)8-12-24)26-16-21(6-13-25(26)31(18)19(2)32)20-4-9-23(10-5-20)30-14-3-15-37(30,34)35/h7-8,11-12,18,20-21,23,25-26H,3-6,9-10,13-17H2,1-2H3/t18-,20?,21?,23?,25?,26?/m0/s1. The number of ether oxygens (including phenoxy) is 1. The van der Waals surface area contributed by atoms with Crippen LogP contribution in [0, 0.1) is 17.7 Å². The van der Waals surface area contributed by atoms with Gasteiger partial charge in [-0.25, -0.2) is 17.6 Å². The molecule has 4 fully saturated rings. The first kappa shape index (κ1) is 26.4. The molecule has 2 heterocycles. The van der Waals surface area contributed by atoms with Crippen LogP contribution in [0.2, 0.25) is 0 Å². The summed E-state index contributed by atoms with van der Waals surface area (Å²) in [6.45, 7) is 4.61. The lowest BCUT2D eigenvalue weighted by Crippen LogP contribution is -2.67. The predicted octanol–water partition coefficient (Wildman–Crippen LogP) is 4.01. The van der Waals surface area contributed by atoms with Crippen molar-refractivity contribution in [2.45, 2.75) is 89.4 Å². The van der Waals surface area contributed by atoms with Gasteiger partial charge in [0.2, 0.25) is 15.9 Å². The van der Waals surface area contributed by atoms with Crippen LogP contribution in [-0.2, 0) is 14.8 Å². The fourth-order valence-electron chi connectivity index (χ4n) is 7.43. The SMILES string of the molecule is CC(=O)N1C2CCC(C3CCC(N4CCCS4(=O)=O)CC3)CC2N(C(=O)Oc2ccc(F)cc2)C[C@@H]1C. The fraction of sp³-hybridized carbons (Fsp3) is 0.704. The monoisotopic (exact) mass is 535 g/mol. The van der Waals surface area contributed by atoms with Crippen molar-refractivity contribution in [2.75, 3.05) is 18.8 Å². The van der Waals surface area contributed by atoms with E-state index >= 15 is 0 Å². The number of carbonyl (C=O) groups excluding carboxylic acids is 2. The van der Waals surface area contributed by atoms with E-state index in [2.05, 4.69) is 0 Å². The van der Waals surface area contributed by atoms with Crippen molar-refractivity contribution in [2.24, 2.45) is 11.8 Å². The minimum atomic E-state index is -3.09. The third-order valence-corrected chi connectivity index (χ3v) is 11.1. The molecule has 0 radical (unpaired) electrons. The van der Waals surface area contributed by atoms with Gasteiger partial charge in [0.15, 0.2) is 0 Å². The third kappa shape index (κ3) is 5.37. The van der Waals surface area contributed by atoms with Gasteiger partial charge in [-0.2, -0.15) is 4.31 Å². The number of hydrogen-bond acceptors (Lipinski definition) is 5. The van der Waals surface area contributed by atoms with Crippen LogP contribution in [0.4, 0.5) is 9.18 Å². The minimum Gasteiger partial charge on any atom is -0.410 e. The van der Waals surface area contributed by atoms with Crippen LogP contribution in [0.25, 0.3) is 0 Å². The average molecular weight is 536 g/mol. The molecular formula is C27H38FN3O5S. The van der Waals surface area contributed by atoms with E-state index in [4.69, 9.17) is 4.74 Å². The second-order valence-electron chi connectivity index (χ2n) is 11.3. The van der Waals surface area contributed by atoms with Gasteiger partial charge < -0.3 is 14.5 Å². The minimum absolute atomic E-state index is 0.0276. The summed E-state index contributed by atoms with van der Waals surface area (Å²) in [4.78, 5) is 29.6. The first-order chi connectivity index (χ1) is 17.6. The molecule has 204 valence electrons. The molecule has 2 aliphatic carbocycles. The highest BCUT2D eigenvalue weighted by atomic mass is 32.2. The Bertz CT molecular complexity index is 1110. The molecule has 0 N–H and O–H groups in total. The first-order valence-electron chi connectivity index (χ1n) is 13.7. The van der Waals surface area contributed by atoms with Crippen LogP contribution < -0.4 is 4.74 Å². The van der Waals surface area contributed by atoms with Crippen molar-refractivity contribution in [1.29, 1.82) is 0 Å². The van der Waals surface area contributed by atoms with Gasteiger partial charge in [-0.1, -0.05) is 0 Å². The van der Waals surface area contributed by atoms with Crippen molar-refractivity contribution in [1.82, 2.24) is 14.1 Å². The van der Waals surface area contributed by atoms with Crippen molar-refractivity contribution >= 4 is 22.0 Å². The summed E-state index contributed by atoms with van der Waals surface area (Å²) in [7, 11) is -3.09. The normalized spacial score (nSPS) is 34.1. The largest absolute Gasteiger partial charge is 0.415 e. The number of fused-ring (bicyclic) bond motifs is 1. The van der Waals surface area contributed by atoms with E-state index in [0.29, 0.717) is 30.7 Å². The molecular weight excluding hydrogens is 497 g/mol. The number of halogens is 1. The van der Waals surface area contributed by atoms with Crippen molar-refractivity contribution < 1.29 is 27.1 Å². The zero-order valence-corrected chi connectivity index (χ0v) is 22.5. The number of benzene rings is 1. The molecule has 8 nitrogen and oxygen atoms in total. The van der Waals surface area contributed by atoms with Gasteiger partial charge in [-0.05, 0) is 94.4 Å². The molecule has 2 saturated heterocycles. The van der Waals surface area contributed by atoms with Gasteiger partial charge in [0.1, 0.15) is 11.6 Å². The number of carbonyl (C=O) groups is 2. The van der Waals surface area contributed by atoms with Crippen molar-refractivity contribution in [3.63, 3.8) is 0 Å². The van der Waals surface area contributed by atoms with E-state index in [1.165, 1.54) is 24.3 Å². The Morgan fingerprint density at radius 3 is 2.27 bits per heavy atom. The highest BCUT2D eigenvalue weighted by Crippen LogP contribution is 2.44. The predicted molar refractivity (Wildman–Crippen MR) is 137 cm³/mol. The maximum atomic E-state index is 13.3. The van der Waals surface area contributed by atoms with Gasteiger partial charge in [-0.3, -0.25) is 4.79 Å². The number of piperazine rings is 1. The zero-order valence-electron chi connectivity index (χ0n) is 21.7. The van der Waals surface area contributed by atoms with Gasteiger partial charge in [0, 0.05) is 32.1 Å². The third-order valence-electron chi connectivity index (χ3n) is 9.09. The summed E-state index contributed by atoms with van der Waals surface area (Å²) in [6.07, 6.45) is 6.66. The van der Waals surface area contributed by atoms with Crippen LogP contribution in [0.5, 0.6) is 5.75 Å². The number of hydrogen-bond donors (Lipinski definition) is 0. The highest BCUT2D eigenvalue weighted by molar-refractivity contribution is 7.89. The smallest absolute Gasteiger partial charge is 0.410 e. The Labute approximate surface area is 219 Å². The maximum absolute atomic E-state index is 13.3. The van der Waals surface area contributed by atoms with E-state index in [-0.39, 0.29) is 35.8 Å². The molecule has 2 amide bonds. The number of rotatable bonds is 3. The topological polar surface area (TPSA) is 87.2 Å². The molecule has 4 aliphatic rings. The van der Waals surface area contributed by atoms with Gasteiger partial charge in [0.05, 0.1) is 17.8 Å². The molecule has 3 unspecified atom stereocenters. The van der Waals surface area contributed by atoms with Crippen LogP contribution in [0.3, 0.4) is 0 Å². The lowest BCUT2D eigenvalue weighted by Gasteiger charge is -2.54. The molecule has 10 heteroatoms. The van der Waals surface area contributed by atoms with Gasteiger partial charge >= 0.3 is 6.09 Å². The molecule has 0 aromatic heterocycles. The molecule has 5 rings (SSSR count). The Hall–Kier alpha value is -2.20. The quantitative estimate of drug-likeness (QED) is 0.584. The second-order valence-corrected chi connectivity index (χ2v) is 13.3. The van der Waals surface area contributed by atoms with Crippen LogP contribution in [0.15, 0.2) is 24.3 Å². The van der Waals surface area contributed by atoms with E-state index in [1.807, 2.05) is 11.8 Å². The second kappa shape index (κ2) is 10.5. The molecule has 1 aromatic carbocycles. The van der Waals surface area contributed by atoms with E-state index in [1.54, 1.807) is 16.1 Å². The molecule has 1 aromatic rings. The summed E-state index contributed by atoms with van der Waals surface area (Å²) >= 11 is 0. The fourth-order valence-corrected chi connectivity index (χ4v) is 9.23. The Kier molecular flexibility index (Phi) is 7.51. The van der Waals surface area contributed by atoms with E-state index < -0.39 is 21.9 Å². The average Bonchev–Trinajstić information content (AvgIpc) is 3.23. The van der Waals surface area contributed by atoms with Crippen molar-refractivity contribution in [3.05, 3.63) is 30.1 Å². The molecule has 4 atom stereocenters.